The smallest absolute Gasteiger partial charge is 0.0897 e. The number of hydrogen-bond donors (Lipinski definition) is 2. The maximum absolute atomic E-state index is 10.1. The molecule has 0 aliphatic heterocycles. The lowest BCUT2D eigenvalue weighted by molar-refractivity contribution is 0.0280. The van der Waals surface area contributed by atoms with Crippen LogP contribution in [0.5, 0.6) is 0 Å². The van der Waals surface area contributed by atoms with E-state index in [1.54, 1.807) is 0 Å². The summed E-state index contributed by atoms with van der Waals surface area (Å²) in [5.74, 6) is 2.88. The van der Waals surface area contributed by atoms with Crippen molar-refractivity contribution in [2.75, 3.05) is 19.8 Å². The molecule has 3 nitrogen and oxygen atoms in total. The molecule has 0 radical (unpaired) electrons. The van der Waals surface area contributed by atoms with Gasteiger partial charge >= 0.3 is 0 Å². The molecule has 0 amide bonds. The van der Waals surface area contributed by atoms with Crippen molar-refractivity contribution in [2.45, 2.75) is 51.2 Å². The van der Waals surface area contributed by atoms with Crippen LogP contribution in [-0.2, 0) is 4.74 Å². The van der Waals surface area contributed by atoms with Gasteiger partial charge in [-0.15, -0.1) is 0 Å². The number of ether oxygens (including phenoxy) is 1. The standard InChI is InChI=1S/C20H31NO2/c1-15(17-5-3-2-4-6-17)21-13-20(22)14-23-10-9-19-12-16-7-8-18(19)11-16/h2-6,15-16,18-22H,7-14H2,1H3/t15-,16+,18+,19+,20+/m0/s1. The van der Waals surface area contributed by atoms with Crippen LogP contribution in [0.4, 0.5) is 0 Å². The van der Waals surface area contributed by atoms with E-state index >= 15 is 0 Å². The first-order valence-electron chi connectivity index (χ1n) is 9.26. The molecule has 0 spiro atoms. The van der Waals surface area contributed by atoms with Gasteiger partial charge in [-0.1, -0.05) is 36.8 Å². The average Bonchev–Trinajstić information content (AvgIpc) is 3.20. The van der Waals surface area contributed by atoms with E-state index in [9.17, 15) is 5.11 Å². The predicted octanol–water partition coefficient (Wildman–Crippen LogP) is 3.54. The number of hydrogen-bond acceptors (Lipinski definition) is 3. The lowest BCUT2D eigenvalue weighted by atomic mass is 9.87. The first-order valence-corrected chi connectivity index (χ1v) is 9.26. The Morgan fingerprint density at radius 1 is 1.22 bits per heavy atom. The Balaban J connectivity index is 1.26. The molecule has 2 fully saturated rings. The highest BCUT2D eigenvalue weighted by Crippen LogP contribution is 2.49. The minimum atomic E-state index is -0.429. The van der Waals surface area contributed by atoms with Crippen molar-refractivity contribution in [1.29, 1.82) is 0 Å². The number of aliphatic hydroxyl groups excluding tert-OH is 1. The van der Waals surface area contributed by atoms with Gasteiger partial charge < -0.3 is 15.2 Å². The lowest BCUT2D eigenvalue weighted by Crippen LogP contribution is -2.32. The van der Waals surface area contributed by atoms with Crippen molar-refractivity contribution >= 4 is 0 Å². The third kappa shape index (κ3) is 4.79. The van der Waals surface area contributed by atoms with Crippen molar-refractivity contribution in [1.82, 2.24) is 5.32 Å². The Morgan fingerprint density at radius 3 is 2.74 bits per heavy atom. The van der Waals surface area contributed by atoms with Gasteiger partial charge in [-0.2, -0.15) is 0 Å². The van der Waals surface area contributed by atoms with E-state index in [0.29, 0.717) is 13.2 Å². The molecule has 2 saturated carbocycles. The summed E-state index contributed by atoms with van der Waals surface area (Å²) in [6.07, 6.45) is 6.55. The SMILES string of the molecule is C[C@H](NC[C@@H](O)COCC[C@@H]1C[C@@H]2CC[C@@H]1C2)c1ccccc1. The highest BCUT2D eigenvalue weighted by atomic mass is 16.5. The fourth-order valence-electron chi connectivity index (χ4n) is 4.42. The predicted molar refractivity (Wildman–Crippen MR) is 93.2 cm³/mol. The van der Waals surface area contributed by atoms with Crippen LogP contribution < -0.4 is 5.32 Å². The number of nitrogens with one attached hydrogen (secondary N) is 1. The van der Waals surface area contributed by atoms with Crippen molar-refractivity contribution in [3.63, 3.8) is 0 Å². The van der Waals surface area contributed by atoms with Crippen LogP contribution >= 0.6 is 0 Å². The maximum Gasteiger partial charge on any atom is 0.0897 e. The first kappa shape index (κ1) is 16.9. The molecular weight excluding hydrogens is 286 g/mol. The highest BCUT2D eigenvalue weighted by molar-refractivity contribution is 5.17. The van der Waals surface area contributed by atoms with Crippen LogP contribution in [0.3, 0.4) is 0 Å². The third-order valence-corrected chi connectivity index (χ3v) is 5.79. The van der Waals surface area contributed by atoms with Crippen molar-refractivity contribution < 1.29 is 9.84 Å². The van der Waals surface area contributed by atoms with Crippen molar-refractivity contribution in [2.24, 2.45) is 17.8 Å². The van der Waals surface area contributed by atoms with E-state index < -0.39 is 6.10 Å². The summed E-state index contributed by atoms with van der Waals surface area (Å²) in [6.45, 7) is 3.94. The molecule has 5 atom stereocenters. The van der Waals surface area contributed by atoms with Crippen LogP contribution in [0, 0.1) is 17.8 Å². The van der Waals surface area contributed by atoms with E-state index in [-0.39, 0.29) is 6.04 Å². The molecule has 0 saturated heterocycles. The largest absolute Gasteiger partial charge is 0.389 e. The van der Waals surface area contributed by atoms with Crippen LogP contribution in [0.1, 0.15) is 50.6 Å². The Kier molecular flexibility index (Phi) is 6.09. The molecule has 0 unspecified atom stereocenters. The van der Waals surface area contributed by atoms with Gasteiger partial charge in [-0.3, -0.25) is 0 Å². The fraction of sp³-hybridized carbons (Fsp3) is 0.700. The molecule has 3 rings (SSSR count). The van der Waals surface area contributed by atoms with Gasteiger partial charge in [0.05, 0.1) is 12.7 Å². The summed E-state index contributed by atoms with van der Waals surface area (Å²) >= 11 is 0. The van der Waals surface area contributed by atoms with E-state index in [4.69, 9.17) is 4.74 Å². The van der Waals surface area contributed by atoms with E-state index in [0.717, 1.165) is 24.4 Å². The zero-order chi connectivity index (χ0) is 16.1. The summed E-state index contributed by atoms with van der Waals surface area (Å²) in [7, 11) is 0. The average molecular weight is 317 g/mol. The number of aliphatic hydroxyl groups is 1. The second kappa shape index (κ2) is 8.27. The van der Waals surface area contributed by atoms with Crippen LogP contribution in [-0.4, -0.2) is 31.0 Å². The Morgan fingerprint density at radius 2 is 2.04 bits per heavy atom. The minimum Gasteiger partial charge on any atom is -0.389 e. The third-order valence-electron chi connectivity index (χ3n) is 5.79. The molecule has 2 N–H and O–H groups in total. The van der Waals surface area contributed by atoms with E-state index in [1.807, 2.05) is 18.2 Å². The van der Waals surface area contributed by atoms with Gasteiger partial charge in [0, 0.05) is 19.2 Å². The molecule has 2 aliphatic carbocycles. The Labute approximate surface area is 140 Å². The topological polar surface area (TPSA) is 41.5 Å². The van der Waals surface area contributed by atoms with Crippen LogP contribution in [0.15, 0.2) is 30.3 Å². The van der Waals surface area contributed by atoms with E-state index in [1.165, 1.54) is 37.7 Å². The Bertz CT molecular complexity index is 464. The van der Waals surface area contributed by atoms with Gasteiger partial charge in [-0.05, 0) is 55.9 Å². The monoisotopic (exact) mass is 317 g/mol. The van der Waals surface area contributed by atoms with Gasteiger partial charge in [0.1, 0.15) is 0 Å². The van der Waals surface area contributed by atoms with Gasteiger partial charge in [0.15, 0.2) is 0 Å². The van der Waals surface area contributed by atoms with Crippen molar-refractivity contribution in [3.05, 3.63) is 35.9 Å². The molecule has 1 aromatic carbocycles. The second-order valence-electron chi connectivity index (χ2n) is 7.49. The molecule has 128 valence electrons. The molecule has 23 heavy (non-hydrogen) atoms. The quantitative estimate of drug-likeness (QED) is 0.685. The normalized spacial score (nSPS) is 28.9. The number of fused-ring (bicyclic) bond motifs is 2. The minimum absolute atomic E-state index is 0.250. The van der Waals surface area contributed by atoms with E-state index in [2.05, 4.69) is 24.4 Å². The molecule has 3 heteroatoms. The molecule has 0 aromatic heterocycles. The zero-order valence-electron chi connectivity index (χ0n) is 14.3. The van der Waals surface area contributed by atoms with Gasteiger partial charge in [0.25, 0.3) is 0 Å². The second-order valence-corrected chi connectivity index (χ2v) is 7.49. The van der Waals surface area contributed by atoms with Crippen LogP contribution in [0.25, 0.3) is 0 Å². The lowest BCUT2D eigenvalue weighted by Gasteiger charge is -2.22. The summed E-state index contributed by atoms with van der Waals surface area (Å²) < 4.78 is 5.71. The fourth-order valence-corrected chi connectivity index (χ4v) is 4.42. The molecule has 1 aromatic rings. The highest BCUT2D eigenvalue weighted by Gasteiger charge is 2.38. The molecule has 0 heterocycles. The molecule has 2 aliphatic rings. The Hall–Kier alpha value is -0.900. The van der Waals surface area contributed by atoms with Crippen LogP contribution in [0.2, 0.25) is 0 Å². The number of benzene rings is 1. The first-order chi connectivity index (χ1) is 11.2. The summed E-state index contributed by atoms with van der Waals surface area (Å²) in [6, 6.07) is 10.6. The summed E-state index contributed by atoms with van der Waals surface area (Å²) in [5, 5.41) is 13.4. The molecular formula is C20H31NO2. The molecule has 2 bridgehead atoms. The number of rotatable bonds is 9. The summed E-state index contributed by atoms with van der Waals surface area (Å²) in [5.41, 5.74) is 1.25. The zero-order valence-corrected chi connectivity index (χ0v) is 14.3. The maximum atomic E-state index is 10.1. The van der Waals surface area contributed by atoms with Crippen molar-refractivity contribution in [3.8, 4) is 0 Å². The van der Waals surface area contributed by atoms with Gasteiger partial charge in [-0.25, -0.2) is 0 Å². The summed E-state index contributed by atoms with van der Waals surface area (Å²) in [4.78, 5) is 0. The van der Waals surface area contributed by atoms with Gasteiger partial charge in [0.2, 0.25) is 0 Å².